The minimum atomic E-state index is -1.12. The highest BCUT2D eigenvalue weighted by molar-refractivity contribution is 7.11. The van der Waals surface area contributed by atoms with E-state index in [4.69, 9.17) is 15.6 Å². The summed E-state index contributed by atoms with van der Waals surface area (Å²) in [4.78, 5) is 27.0. The Bertz CT molecular complexity index is 432. The van der Waals surface area contributed by atoms with E-state index < -0.39 is 23.9 Å². The van der Waals surface area contributed by atoms with E-state index in [0.29, 0.717) is 0 Å². The van der Waals surface area contributed by atoms with Crippen LogP contribution in [0.3, 0.4) is 0 Å². The standard InChI is InChI=1S/C11H16N2O4S/c1-6(10(12)11(15)16)3-9(14)17-5-8-4-13-7(2)18-8/h4,6,10H,3,5,12H2,1-2H3,(H,15,16)/t6?,10-/m0/s1. The fourth-order valence-corrected chi connectivity index (χ4v) is 2.02. The van der Waals surface area contributed by atoms with Gasteiger partial charge in [-0.05, 0) is 12.8 Å². The summed E-state index contributed by atoms with van der Waals surface area (Å²) in [7, 11) is 0. The third kappa shape index (κ3) is 4.42. The summed E-state index contributed by atoms with van der Waals surface area (Å²) in [6, 6.07) is -1.05. The molecule has 0 aliphatic rings. The number of aromatic nitrogens is 1. The maximum atomic E-state index is 11.5. The molecule has 0 fully saturated rings. The maximum Gasteiger partial charge on any atom is 0.320 e. The van der Waals surface area contributed by atoms with Crippen molar-refractivity contribution in [3.8, 4) is 0 Å². The van der Waals surface area contributed by atoms with E-state index in [1.54, 1.807) is 13.1 Å². The highest BCUT2D eigenvalue weighted by Crippen LogP contribution is 2.14. The Morgan fingerprint density at radius 1 is 1.61 bits per heavy atom. The summed E-state index contributed by atoms with van der Waals surface area (Å²) < 4.78 is 5.02. The first-order chi connectivity index (χ1) is 8.40. The van der Waals surface area contributed by atoms with Crippen molar-refractivity contribution >= 4 is 23.3 Å². The number of nitrogens with two attached hydrogens (primary N) is 1. The molecule has 0 radical (unpaired) electrons. The number of carboxylic acids is 1. The van der Waals surface area contributed by atoms with Crippen molar-refractivity contribution in [2.75, 3.05) is 0 Å². The maximum absolute atomic E-state index is 11.5. The predicted molar refractivity (Wildman–Crippen MR) is 66.0 cm³/mol. The van der Waals surface area contributed by atoms with Gasteiger partial charge in [-0.2, -0.15) is 0 Å². The Hall–Kier alpha value is -1.47. The van der Waals surface area contributed by atoms with E-state index in [1.165, 1.54) is 11.3 Å². The van der Waals surface area contributed by atoms with Crippen LogP contribution in [-0.4, -0.2) is 28.1 Å². The van der Waals surface area contributed by atoms with Gasteiger partial charge in [0.2, 0.25) is 0 Å². The van der Waals surface area contributed by atoms with Gasteiger partial charge in [0, 0.05) is 6.20 Å². The number of aryl methyl sites for hydroxylation is 1. The molecule has 1 rings (SSSR count). The van der Waals surface area contributed by atoms with Crippen LogP contribution < -0.4 is 5.73 Å². The van der Waals surface area contributed by atoms with E-state index >= 15 is 0 Å². The summed E-state index contributed by atoms with van der Waals surface area (Å²) in [6.07, 6.45) is 1.64. The van der Waals surface area contributed by atoms with Gasteiger partial charge in [0.1, 0.15) is 12.6 Å². The van der Waals surface area contributed by atoms with Crippen LogP contribution in [0, 0.1) is 12.8 Å². The van der Waals surface area contributed by atoms with Crippen LogP contribution in [0.1, 0.15) is 23.2 Å². The number of carbonyl (C=O) groups excluding carboxylic acids is 1. The van der Waals surface area contributed by atoms with Gasteiger partial charge >= 0.3 is 11.9 Å². The third-order valence-corrected chi connectivity index (χ3v) is 3.32. The lowest BCUT2D eigenvalue weighted by Gasteiger charge is -2.14. The van der Waals surface area contributed by atoms with Gasteiger partial charge in [-0.25, -0.2) is 4.98 Å². The molecule has 3 N–H and O–H groups in total. The van der Waals surface area contributed by atoms with Crippen molar-refractivity contribution in [3.63, 3.8) is 0 Å². The molecule has 1 aromatic heterocycles. The van der Waals surface area contributed by atoms with Gasteiger partial charge in [0.25, 0.3) is 0 Å². The molecule has 1 aromatic rings. The molecule has 0 saturated carbocycles. The molecule has 0 amide bonds. The normalized spacial score (nSPS) is 13.9. The van der Waals surface area contributed by atoms with Crippen molar-refractivity contribution in [2.24, 2.45) is 11.7 Å². The van der Waals surface area contributed by atoms with Crippen molar-refractivity contribution in [1.29, 1.82) is 0 Å². The van der Waals surface area contributed by atoms with Gasteiger partial charge < -0.3 is 15.6 Å². The van der Waals surface area contributed by atoms with Crippen molar-refractivity contribution in [1.82, 2.24) is 4.98 Å². The number of ether oxygens (including phenoxy) is 1. The second-order valence-corrected chi connectivity index (χ2v) is 5.37. The topological polar surface area (TPSA) is 103 Å². The molecular formula is C11H16N2O4S. The van der Waals surface area contributed by atoms with Crippen LogP contribution in [0.25, 0.3) is 0 Å². The Labute approximate surface area is 109 Å². The van der Waals surface area contributed by atoms with Gasteiger partial charge in [-0.3, -0.25) is 9.59 Å². The van der Waals surface area contributed by atoms with Crippen molar-refractivity contribution < 1.29 is 19.4 Å². The zero-order valence-electron chi connectivity index (χ0n) is 10.3. The Kier molecular flexibility index (Phi) is 5.24. The van der Waals surface area contributed by atoms with Crippen LogP contribution in [0.5, 0.6) is 0 Å². The summed E-state index contributed by atoms with van der Waals surface area (Å²) in [5.41, 5.74) is 5.40. The molecule has 18 heavy (non-hydrogen) atoms. The predicted octanol–water partition coefficient (Wildman–Crippen LogP) is 0.933. The van der Waals surface area contributed by atoms with Crippen molar-refractivity contribution in [2.45, 2.75) is 32.9 Å². The average molecular weight is 272 g/mol. The average Bonchev–Trinajstić information content (AvgIpc) is 2.71. The Morgan fingerprint density at radius 3 is 2.78 bits per heavy atom. The number of thiazole rings is 1. The van der Waals surface area contributed by atoms with E-state index in [-0.39, 0.29) is 13.0 Å². The van der Waals surface area contributed by atoms with Gasteiger partial charge in [-0.15, -0.1) is 11.3 Å². The Morgan fingerprint density at radius 2 is 2.28 bits per heavy atom. The highest BCUT2D eigenvalue weighted by Gasteiger charge is 2.23. The second kappa shape index (κ2) is 6.46. The lowest BCUT2D eigenvalue weighted by Crippen LogP contribution is -2.37. The fraction of sp³-hybridized carbons (Fsp3) is 0.545. The lowest BCUT2D eigenvalue weighted by molar-refractivity contribution is -0.147. The molecule has 0 aliphatic carbocycles. The van der Waals surface area contributed by atoms with Crippen LogP contribution in [0.15, 0.2) is 6.20 Å². The quantitative estimate of drug-likeness (QED) is 0.747. The first-order valence-corrected chi connectivity index (χ1v) is 6.27. The number of rotatable bonds is 6. The minimum absolute atomic E-state index is 0.00868. The van der Waals surface area contributed by atoms with Crippen LogP contribution in [0.2, 0.25) is 0 Å². The fourth-order valence-electron chi connectivity index (χ4n) is 1.32. The van der Waals surface area contributed by atoms with Gasteiger partial charge in [0.15, 0.2) is 0 Å². The van der Waals surface area contributed by atoms with Gasteiger partial charge in [-0.1, -0.05) is 6.92 Å². The molecule has 0 aliphatic heterocycles. The molecule has 7 heteroatoms. The SMILES string of the molecule is Cc1ncc(COC(=O)CC(C)[C@H](N)C(=O)O)s1. The summed E-state index contributed by atoms with van der Waals surface area (Å²) >= 11 is 1.45. The molecule has 6 nitrogen and oxygen atoms in total. The molecule has 0 bridgehead atoms. The minimum Gasteiger partial charge on any atom is -0.480 e. The molecule has 2 atom stereocenters. The van der Waals surface area contributed by atoms with Gasteiger partial charge in [0.05, 0.1) is 16.3 Å². The first kappa shape index (κ1) is 14.6. The number of hydrogen-bond donors (Lipinski definition) is 2. The zero-order valence-corrected chi connectivity index (χ0v) is 11.1. The first-order valence-electron chi connectivity index (χ1n) is 5.45. The largest absolute Gasteiger partial charge is 0.480 e. The number of nitrogens with zero attached hydrogens (tertiary/aromatic N) is 1. The van der Waals surface area contributed by atoms with E-state index in [0.717, 1.165) is 9.88 Å². The third-order valence-electron chi connectivity index (χ3n) is 2.43. The molecule has 0 spiro atoms. The number of carboxylic acid groups (broad SMARTS) is 1. The number of hydrogen-bond acceptors (Lipinski definition) is 6. The molecular weight excluding hydrogens is 256 g/mol. The number of carbonyl (C=O) groups is 2. The van der Waals surface area contributed by atoms with E-state index in [9.17, 15) is 9.59 Å². The van der Waals surface area contributed by atoms with Crippen LogP contribution in [0.4, 0.5) is 0 Å². The van der Waals surface area contributed by atoms with Crippen molar-refractivity contribution in [3.05, 3.63) is 16.1 Å². The number of esters is 1. The highest BCUT2D eigenvalue weighted by atomic mass is 32.1. The lowest BCUT2D eigenvalue weighted by atomic mass is 9.99. The molecule has 100 valence electrons. The summed E-state index contributed by atoms with van der Waals surface area (Å²) in [5.74, 6) is -2.03. The van der Waals surface area contributed by atoms with Crippen LogP contribution in [-0.2, 0) is 20.9 Å². The van der Waals surface area contributed by atoms with E-state index in [1.807, 2.05) is 6.92 Å². The summed E-state index contributed by atoms with van der Waals surface area (Å²) in [6.45, 7) is 3.64. The molecule has 1 unspecified atom stereocenters. The number of aliphatic carboxylic acids is 1. The second-order valence-electron chi connectivity index (χ2n) is 4.05. The smallest absolute Gasteiger partial charge is 0.320 e. The monoisotopic (exact) mass is 272 g/mol. The zero-order chi connectivity index (χ0) is 13.7. The molecule has 0 saturated heterocycles. The summed E-state index contributed by atoms with van der Waals surface area (Å²) in [5, 5.41) is 9.60. The van der Waals surface area contributed by atoms with Crippen LogP contribution >= 0.6 is 11.3 Å². The van der Waals surface area contributed by atoms with E-state index in [2.05, 4.69) is 4.98 Å². The Balaban J connectivity index is 2.35. The molecule has 0 aromatic carbocycles. The molecule has 1 heterocycles.